The molecule has 0 bridgehead atoms. The summed E-state index contributed by atoms with van der Waals surface area (Å²) in [6.45, 7) is 3.01. The third-order valence-electron chi connectivity index (χ3n) is 9.23. The number of benzene rings is 3. The molecule has 290 valence electrons. The molecule has 0 amide bonds. The molecule has 5 rings (SSSR count). The number of carboxylic acids is 2. The second-order valence-electron chi connectivity index (χ2n) is 13.0. The average Bonchev–Trinajstić information content (AvgIpc) is 3.80. The standard InChI is InChI=1S/C40H45ClN6O8/c1-3-4-15-47-36(28-12-11-26(41)20-34(28)55-22-24-8-5-6-9-27(24)38(49)50)30(21-46-47)35(37(48)31(42)10-7-14-45-40(43)44)29(39(51)52)17-25-19-33-23(13-16-54-33)18-32(25)53-2/h5-6,8-9,11-12,18-21,31H,3-4,7,10,13-17,22,42H2,1-2H3,(H,49,50)(H,51,52)(H4,43,44,45)/t31-/m0/s1. The van der Waals surface area contributed by atoms with Gasteiger partial charge in [0.05, 0.1) is 42.8 Å². The van der Waals surface area contributed by atoms with Gasteiger partial charge < -0.3 is 41.6 Å². The van der Waals surface area contributed by atoms with Crippen LogP contribution in [-0.4, -0.2) is 70.0 Å². The molecule has 2 heterocycles. The van der Waals surface area contributed by atoms with Crippen molar-refractivity contribution in [2.24, 2.45) is 22.2 Å². The van der Waals surface area contributed by atoms with E-state index in [9.17, 15) is 24.6 Å². The lowest BCUT2D eigenvalue weighted by Crippen LogP contribution is -2.33. The van der Waals surface area contributed by atoms with E-state index in [2.05, 4.69) is 10.1 Å². The smallest absolute Gasteiger partial charge is 0.336 e. The number of guanidine groups is 1. The summed E-state index contributed by atoms with van der Waals surface area (Å²) >= 11 is 6.49. The molecule has 1 aromatic heterocycles. The number of aryl methyl sites for hydroxylation is 1. The van der Waals surface area contributed by atoms with Gasteiger partial charge in [0.2, 0.25) is 0 Å². The molecule has 1 aliphatic heterocycles. The zero-order valence-corrected chi connectivity index (χ0v) is 31.5. The highest BCUT2D eigenvalue weighted by atomic mass is 35.5. The van der Waals surface area contributed by atoms with Crippen LogP contribution in [0, 0.1) is 0 Å². The van der Waals surface area contributed by atoms with Gasteiger partial charge in [-0.25, -0.2) is 9.59 Å². The molecule has 15 heteroatoms. The number of nitrogens with zero attached hydrogens (tertiary/aromatic N) is 3. The zero-order valence-electron chi connectivity index (χ0n) is 30.7. The summed E-state index contributed by atoms with van der Waals surface area (Å²) in [4.78, 5) is 44.0. The van der Waals surface area contributed by atoms with Crippen molar-refractivity contribution in [2.45, 2.75) is 64.6 Å². The SMILES string of the molecule is CCCCn1ncc(C(C(=O)[C@@H](N)CCCN=C(N)N)=C(Cc2cc3c(cc2OC)CCO3)C(=O)O)c1-c1ccc(Cl)cc1OCc1ccccc1C(=O)O. The molecule has 14 nitrogen and oxygen atoms in total. The van der Waals surface area contributed by atoms with Gasteiger partial charge >= 0.3 is 11.9 Å². The summed E-state index contributed by atoms with van der Waals surface area (Å²) in [5.74, 6) is -1.85. The van der Waals surface area contributed by atoms with Crippen LogP contribution < -0.4 is 31.4 Å². The van der Waals surface area contributed by atoms with Gasteiger partial charge in [-0.2, -0.15) is 5.10 Å². The quantitative estimate of drug-likeness (QED) is 0.0356. The number of nitrogens with two attached hydrogens (primary N) is 3. The maximum Gasteiger partial charge on any atom is 0.336 e. The first-order chi connectivity index (χ1) is 26.4. The molecular weight excluding hydrogens is 728 g/mol. The first kappa shape index (κ1) is 40.3. The number of ketones is 1. The van der Waals surface area contributed by atoms with Crippen LogP contribution in [0.1, 0.15) is 65.2 Å². The summed E-state index contributed by atoms with van der Waals surface area (Å²) in [5, 5.41) is 25.7. The molecule has 1 aliphatic rings. The molecule has 8 N–H and O–H groups in total. The van der Waals surface area contributed by atoms with E-state index in [-0.39, 0.29) is 60.0 Å². The molecule has 0 spiro atoms. The summed E-state index contributed by atoms with van der Waals surface area (Å²) in [6.07, 6.45) is 3.96. The van der Waals surface area contributed by atoms with Crippen LogP contribution in [0.5, 0.6) is 17.2 Å². The number of rotatable bonds is 19. The van der Waals surface area contributed by atoms with E-state index in [1.165, 1.54) is 19.4 Å². The van der Waals surface area contributed by atoms with Crippen molar-refractivity contribution in [1.29, 1.82) is 0 Å². The lowest BCUT2D eigenvalue weighted by molar-refractivity contribution is -0.133. The summed E-state index contributed by atoms with van der Waals surface area (Å²) in [7, 11) is 1.50. The highest BCUT2D eigenvalue weighted by Gasteiger charge is 2.32. The van der Waals surface area contributed by atoms with Gasteiger partial charge in [-0.1, -0.05) is 43.1 Å². The minimum absolute atomic E-state index is 0.0721. The van der Waals surface area contributed by atoms with Gasteiger partial charge in [-0.05, 0) is 55.7 Å². The number of hydrogen-bond acceptors (Lipinski definition) is 9. The van der Waals surface area contributed by atoms with Crippen molar-refractivity contribution in [3.05, 3.63) is 99.2 Å². The molecule has 55 heavy (non-hydrogen) atoms. The fourth-order valence-corrected chi connectivity index (χ4v) is 6.63. The molecule has 0 aliphatic carbocycles. The van der Waals surface area contributed by atoms with Crippen LogP contribution in [0.15, 0.2) is 71.4 Å². The Balaban J connectivity index is 1.71. The minimum Gasteiger partial charge on any atom is -0.496 e. The van der Waals surface area contributed by atoms with Crippen LogP contribution in [0.4, 0.5) is 0 Å². The first-order valence-corrected chi connectivity index (χ1v) is 18.3. The van der Waals surface area contributed by atoms with Crippen molar-refractivity contribution in [1.82, 2.24) is 9.78 Å². The molecule has 3 aromatic carbocycles. The number of aliphatic imine (C=N–C) groups is 1. The Hall–Kier alpha value is -5.86. The zero-order chi connectivity index (χ0) is 39.6. The van der Waals surface area contributed by atoms with Gasteiger partial charge in [0.25, 0.3) is 0 Å². The van der Waals surface area contributed by atoms with Gasteiger partial charge in [0.1, 0.15) is 23.9 Å². The number of unbranched alkanes of at least 4 members (excludes halogenated alkanes) is 1. The fourth-order valence-electron chi connectivity index (χ4n) is 6.47. The third-order valence-corrected chi connectivity index (χ3v) is 9.47. The van der Waals surface area contributed by atoms with Gasteiger partial charge in [-0.15, -0.1) is 0 Å². The maximum atomic E-state index is 14.7. The van der Waals surface area contributed by atoms with Crippen molar-refractivity contribution in [3.63, 3.8) is 0 Å². The lowest BCUT2D eigenvalue weighted by Gasteiger charge is -2.20. The highest BCUT2D eigenvalue weighted by molar-refractivity contribution is 6.31. The average molecular weight is 773 g/mol. The lowest BCUT2D eigenvalue weighted by atomic mass is 9.87. The van der Waals surface area contributed by atoms with Crippen LogP contribution in [0.2, 0.25) is 5.02 Å². The summed E-state index contributed by atoms with van der Waals surface area (Å²) in [5.41, 5.74) is 20.1. The number of halogens is 1. The van der Waals surface area contributed by atoms with E-state index in [1.54, 1.807) is 47.1 Å². The number of carbonyl (C=O) groups excluding carboxylic acids is 1. The summed E-state index contributed by atoms with van der Waals surface area (Å²) < 4.78 is 19.5. The van der Waals surface area contributed by atoms with E-state index in [4.69, 9.17) is 43.0 Å². The molecule has 0 radical (unpaired) electrons. The van der Waals surface area contributed by atoms with Crippen LogP contribution in [0.25, 0.3) is 16.8 Å². The maximum absolute atomic E-state index is 14.7. The van der Waals surface area contributed by atoms with Crippen molar-refractivity contribution in [3.8, 4) is 28.5 Å². The number of fused-ring (bicyclic) bond motifs is 1. The Kier molecular flexibility index (Phi) is 13.5. The molecular formula is C40H45ClN6O8. The van der Waals surface area contributed by atoms with Gasteiger partial charge in [0, 0.05) is 64.3 Å². The Morgan fingerprint density at radius 2 is 1.82 bits per heavy atom. The number of hydrogen-bond donors (Lipinski definition) is 5. The fraction of sp³-hybridized carbons (Fsp3) is 0.325. The number of aromatic carboxylic acids is 1. The van der Waals surface area contributed by atoms with E-state index in [0.717, 1.165) is 12.0 Å². The Morgan fingerprint density at radius 1 is 1.04 bits per heavy atom. The van der Waals surface area contributed by atoms with E-state index < -0.39 is 23.8 Å². The Morgan fingerprint density at radius 3 is 2.53 bits per heavy atom. The number of carboxylic acid groups (broad SMARTS) is 2. The molecule has 0 fully saturated rings. The number of ether oxygens (including phenoxy) is 3. The Bertz CT molecular complexity index is 2120. The predicted octanol–water partition coefficient (Wildman–Crippen LogP) is 5.26. The highest BCUT2D eigenvalue weighted by Crippen LogP contribution is 2.41. The monoisotopic (exact) mass is 772 g/mol. The number of aromatic nitrogens is 2. The first-order valence-electron chi connectivity index (χ1n) is 17.9. The van der Waals surface area contributed by atoms with E-state index >= 15 is 0 Å². The largest absolute Gasteiger partial charge is 0.496 e. The number of Topliss-reactive ketones (excluding diaryl/α,β-unsaturated/α-hetero) is 1. The molecule has 1 atom stereocenters. The third kappa shape index (κ3) is 9.63. The molecule has 4 aromatic rings. The second-order valence-corrected chi connectivity index (χ2v) is 13.4. The Labute approximate surface area is 323 Å². The van der Waals surface area contributed by atoms with Crippen LogP contribution in [-0.2, 0) is 35.6 Å². The number of aliphatic carboxylic acids is 1. The van der Waals surface area contributed by atoms with Crippen LogP contribution >= 0.6 is 11.6 Å². The minimum atomic E-state index is -1.34. The normalized spacial score (nSPS) is 12.9. The van der Waals surface area contributed by atoms with E-state index in [1.807, 2.05) is 13.0 Å². The van der Waals surface area contributed by atoms with Crippen molar-refractivity contribution >= 4 is 40.9 Å². The van der Waals surface area contributed by atoms with Gasteiger partial charge in [0.15, 0.2) is 11.7 Å². The van der Waals surface area contributed by atoms with Crippen molar-refractivity contribution in [2.75, 3.05) is 20.3 Å². The molecule has 0 saturated carbocycles. The number of methoxy groups -OCH3 is 1. The summed E-state index contributed by atoms with van der Waals surface area (Å²) in [6, 6.07) is 13.8. The number of carbonyl (C=O) groups is 3. The van der Waals surface area contributed by atoms with E-state index in [0.29, 0.717) is 71.3 Å². The second kappa shape index (κ2) is 18.5. The molecule has 0 unspecified atom stereocenters. The predicted molar refractivity (Wildman–Crippen MR) is 209 cm³/mol. The molecule has 0 saturated heterocycles. The van der Waals surface area contributed by atoms with Gasteiger partial charge in [-0.3, -0.25) is 14.5 Å². The van der Waals surface area contributed by atoms with Crippen LogP contribution in [0.3, 0.4) is 0 Å². The van der Waals surface area contributed by atoms with Crippen molar-refractivity contribution < 1.29 is 38.8 Å². The topological polar surface area (TPSA) is 228 Å².